The number of carbonyl (C=O) groups is 2. The monoisotopic (exact) mass is 673 g/mol. The minimum atomic E-state index is -1.60. The first-order chi connectivity index (χ1) is 22.0. The van der Waals surface area contributed by atoms with Crippen molar-refractivity contribution in [2.75, 3.05) is 44.4 Å². The van der Waals surface area contributed by atoms with Gasteiger partial charge in [-0.25, -0.2) is 4.21 Å². The van der Waals surface area contributed by atoms with Crippen molar-refractivity contribution in [2.24, 2.45) is 11.8 Å². The van der Waals surface area contributed by atoms with E-state index in [-0.39, 0.29) is 23.7 Å². The molecule has 2 aromatic carbocycles. The molecule has 0 spiro atoms. The second-order valence-corrected chi connectivity index (χ2v) is 14.1. The summed E-state index contributed by atoms with van der Waals surface area (Å²) in [6.07, 6.45) is 8.60. The molecule has 0 saturated heterocycles. The van der Waals surface area contributed by atoms with Gasteiger partial charge in [0.2, 0.25) is 5.91 Å². The number of hydrogen-bond donors (Lipinski definition) is 3. The highest BCUT2D eigenvalue weighted by molar-refractivity contribution is 7.82. The van der Waals surface area contributed by atoms with Crippen LogP contribution in [0.15, 0.2) is 48.6 Å². The van der Waals surface area contributed by atoms with Gasteiger partial charge in [0.25, 0.3) is 5.91 Å². The molecular formula is C35H48ClN3O6S. The van der Waals surface area contributed by atoms with E-state index in [2.05, 4.69) is 22.6 Å². The third kappa shape index (κ3) is 9.33. The third-order valence-corrected chi connectivity index (χ3v) is 9.91. The average Bonchev–Trinajstić information content (AvgIpc) is 3.17. The van der Waals surface area contributed by atoms with Crippen molar-refractivity contribution in [1.82, 2.24) is 9.62 Å². The van der Waals surface area contributed by atoms with Crippen LogP contribution in [-0.4, -0.2) is 76.8 Å². The Morgan fingerprint density at radius 1 is 1.22 bits per heavy atom. The Balaban J connectivity index is 1.56. The van der Waals surface area contributed by atoms with Crippen molar-refractivity contribution in [1.29, 1.82) is 0 Å². The Labute approximate surface area is 280 Å². The van der Waals surface area contributed by atoms with Gasteiger partial charge < -0.3 is 24.7 Å². The molecule has 6 unspecified atom stereocenters. The summed E-state index contributed by atoms with van der Waals surface area (Å²) in [4.78, 5) is 27.9. The summed E-state index contributed by atoms with van der Waals surface area (Å²) < 4.78 is 20.2. The average molecular weight is 674 g/mol. The summed E-state index contributed by atoms with van der Waals surface area (Å²) in [6.45, 7) is 6.16. The maximum Gasteiger partial charge on any atom is 0.265 e. The van der Waals surface area contributed by atoms with Crippen molar-refractivity contribution in [2.45, 2.75) is 70.5 Å². The van der Waals surface area contributed by atoms with Gasteiger partial charge in [-0.15, -0.1) is 0 Å². The molecule has 4 rings (SSSR count). The van der Waals surface area contributed by atoms with E-state index < -0.39 is 29.1 Å². The number of fused-ring (bicyclic) bond motifs is 1. The molecule has 46 heavy (non-hydrogen) atoms. The SMILES string of the molecule is CCCc1cc(Cl)ccc1C1COc2ccc(C(O)C(=O)NS(C)=O)cc2N(CC2CCC2C(O)/C=C/CCCN(C)C(C)=O)C1. The first kappa shape index (κ1) is 35.9. The Bertz CT molecular complexity index is 1420. The second kappa shape index (κ2) is 16.8. The highest BCUT2D eigenvalue weighted by Crippen LogP contribution is 2.43. The highest BCUT2D eigenvalue weighted by atomic mass is 35.5. The number of anilines is 1. The highest BCUT2D eigenvalue weighted by Gasteiger charge is 2.38. The molecule has 6 atom stereocenters. The van der Waals surface area contributed by atoms with Gasteiger partial charge in [-0.2, -0.15) is 0 Å². The lowest BCUT2D eigenvalue weighted by Crippen LogP contribution is -2.44. The fourth-order valence-electron chi connectivity index (χ4n) is 6.39. The van der Waals surface area contributed by atoms with Crippen LogP contribution in [0.5, 0.6) is 5.75 Å². The Morgan fingerprint density at radius 3 is 2.67 bits per heavy atom. The molecule has 11 heteroatoms. The van der Waals surface area contributed by atoms with Crippen LogP contribution in [-0.2, 0) is 27.0 Å². The summed E-state index contributed by atoms with van der Waals surface area (Å²) in [7, 11) is 0.191. The number of ether oxygens (including phenoxy) is 1. The van der Waals surface area contributed by atoms with Crippen LogP contribution >= 0.6 is 11.6 Å². The van der Waals surface area contributed by atoms with Gasteiger partial charge in [-0.3, -0.25) is 14.3 Å². The van der Waals surface area contributed by atoms with Crippen molar-refractivity contribution in [3.8, 4) is 5.75 Å². The van der Waals surface area contributed by atoms with E-state index in [1.165, 1.54) is 17.4 Å². The molecule has 2 amide bonds. The molecule has 3 N–H and O–H groups in total. The van der Waals surface area contributed by atoms with E-state index in [9.17, 15) is 24.0 Å². The van der Waals surface area contributed by atoms with Crippen LogP contribution in [0.2, 0.25) is 5.02 Å². The van der Waals surface area contributed by atoms with Crippen molar-refractivity contribution in [3.05, 3.63) is 70.3 Å². The van der Waals surface area contributed by atoms with Gasteiger partial charge in [0.05, 0.1) is 18.4 Å². The molecule has 1 fully saturated rings. The van der Waals surface area contributed by atoms with Crippen LogP contribution in [0.25, 0.3) is 0 Å². The van der Waals surface area contributed by atoms with E-state index in [0.29, 0.717) is 42.6 Å². The summed E-state index contributed by atoms with van der Waals surface area (Å²) in [5, 5.41) is 22.6. The summed E-state index contributed by atoms with van der Waals surface area (Å²) in [5.41, 5.74) is 3.56. The maximum atomic E-state index is 12.5. The lowest BCUT2D eigenvalue weighted by atomic mass is 9.70. The molecule has 2 aliphatic rings. The van der Waals surface area contributed by atoms with Gasteiger partial charge >= 0.3 is 0 Å². The quantitative estimate of drug-likeness (QED) is 0.192. The molecule has 9 nitrogen and oxygen atoms in total. The number of rotatable bonds is 14. The number of amides is 2. The van der Waals surface area contributed by atoms with Crippen LogP contribution in [0.4, 0.5) is 5.69 Å². The number of aliphatic hydroxyl groups excluding tert-OH is 2. The topological polar surface area (TPSA) is 119 Å². The van der Waals surface area contributed by atoms with Crippen LogP contribution in [0.1, 0.15) is 74.7 Å². The summed E-state index contributed by atoms with van der Waals surface area (Å²) >= 11 is 6.39. The number of aliphatic hydroxyl groups is 2. The number of nitrogens with zero attached hydrogens (tertiary/aromatic N) is 2. The number of aryl methyl sites for hydroxylation is 1. The molecule has 1 saturated carbocycles. The number of hydrogen-bond acceptors (Lipinski definition) is 7. The predicted molar refractivity (Wildman–Crippen MR) is 183 cm³/mol. The van der Waals surface area contributed by atoms with Gasteiger partial charge in [-0.1, -0.05) is 49.2 Å². The number of carbonyl (C=O) groups excluding carboxylic acids is 2. The molecule has 1 aliphatic heterocycles. The zero-order valence-corrected chi connectivity index (χ0v) is 28.9. The van der Waals surface area contributed by atoms with E-state index in [1.54, 1.807) is 37.1 Å². The minimum absolute atomic E-state index is 0.0434. The molecule has 0 bridgehead atoms. The molecule has 2 aromatic rings. The number of halogens is 1. The Morgan fingerprint density at radius 2 is 2.00 bits per heavy atom. The first-order valence-electron chi connectivity index (χ1n) is 16.2. The Kier molecular flexibility index (Phi) is 13.1. The fourth-order valence-corrected chi connectivity index (χ4v) is 6.98. The molecule has 1 aliphatic carbocycles. The molecule has 0 aromatic heterocycles. The largest absolute Gasteiger partial charge is 0.491 e. The number of allylic oxidation sites excluding steroid dienone is 1. The number of unbranched alkanes of at least 4 members (excludes halogenated alkanes) is 1. The smallest absolute Gasteiger partial charge is 0.265 e. The third-order valence-electron chi connectivity index (χ3n) is 9.18. The molecule has 0 radical (unpaired) electrons. The fraction of sp³-hybridized carbons (Fsp3) is 0.543. The van der Waals surface area contributed by atoms with E-state index in [4.69, 9.17) is 16.3 Å². The van der Waals surface area contributed by atoms with Gasteiger partial charge in [0, 0.05) is 50.8 Å². The minimum Gasteiger partial charge on any atom is -0.491 e. The zero-order chi connectivity index (χ0) is 33.4. The van der Waals surface area contributed by atoms with Crippen molar-refractivity contribution < 1.29 is 28.7 Å². The zero-order valence-electron chi connectivity index (χ0n) is 27.3. The molecule has 252 valence electrons. The molecular weight excluding hydrogens is 626 g/mol. The molecule has 1 heterocycles. The van der Waals surface area contributed by atoms with Crippen LogP contribution < -0.4 is 14.4 Å². The van der Waals surface area contributed by atoms with Crippen LogP contribution in [0, 0.1) is 11.8 Å². The van der Waals surface area contributed by atoms with E-state index in [0.717, 1.165) is 44.2 Å². The normalized spacial score (nSPS) is 21.4. The number of nitrogens with one attached hydrogen (secondary N) is 1. The van der Waals surface area contributed by atoms with Crippen LogP contribution in [0.3, 0.4) is 0 Å². The standard InChI is InChI=1S/C35H48ClN3O6S/c1-5-9-24-18-28(36)13-15-29(24)27-21-39(20-26-11-14-30(26)32(41)10-7-6-8-17-38(3)23(2)40)31-19-25(12-16-33(31)45-22-27)34(42)35(43)37-46(4)44/h7,10,12-13,15-16,18-19,26-27,30,32,34,41-42H,5-6,8-9,11,14,17,20-22H2,1-4H3,(H,37,43)/b10-7+. The lowest BCUT2D eigenvalue weighted by Gasteiger charge is -2.42. The summed E-state index contributed by atoms with van der Waals surface area (Å²) in [6, 6.07) is 11.3. The maximum absolute atomic E-state index is 12.5. The summed E-state index contributed by atoms with van der Waals surface area (Å²) in [5.74, 6) is 0.357. The van der Waals surface area contributed by atoms with Crippen molar-refractivity contribution >= 4 is 40.1 Å². The van der Waals surface area contributed by atoms with Gasteiger partial charge in [0.15, 0.2) is 6.10 Å². The van der Waals surface area contributed by atoms with E-state index in [1.807, 2.05) is 24.3 Å². The predicted octanol–water partition coefficient (Wildman–Crippen LogP) is 4.92. The first-order valence-corrected chi connectivity index (χ1v) is 18.1. The lowest BCUT2D eigenvalue weighted by molar-refractivity contribution is -0.128. The number of benzene rings is 2. The van der Waals surface area contributed by atoms with Crippen molar-refractivity contribution in [3.63, 3.8) is 0 Å². The van der Waals surface area contributed by atoms with E-state index >= 15 is 0 Å². The van der Waals surface area contributed by atoms with Gasteiger partial charge in [-0.05, 0) is 84.9 Å². The Hall–Kier alpha value is -2.92. The second-order valence-electron chi connectivity index (χ2n) is 12.6. The van der Waals surface area contributed by atoms with Gasteiger partial charge in [0.1, 0.15) is 16.7 Å².